The minimum atomic E-state index is -3.51. The zero-order valence-corrected chi connectivity index (χ0v) is 10.5. The largest absolute Gasteiger partial charge is 0.265 e. The molecule has 1 aromatic carbocycles. The average Bonchev–Trinajstić information content (AvgIpc) is 2.04. The number of sulfonamides is 1. The lowest BCUT2D eigenvalue weighted by molar-refractivity contribution is 0.584. The molecular formula is C7H7ClINO2S. The van der Waals surface area contributed by atoms with E-state index < -0.39 is 10.0 Å². The van der Waals surface area contributed by atoms with Crippen molar-refractivity contribution < 1.29 is 8.42 Å². The van der Waals surface area contributed by atoms with Crippen molar-refractivity contribution in [1.29, 1.82) is 0 Å². The minimum absolute atomic E-state index is 0.197. The Morgan fingerprint density at radius 1 is 1.31 bits per heavy atom. The zero-order chi connectivity index (χ0) is 10.1. The number of benzene rings is 1. The van der Waals surface area contributed by atoms with E-state index in [1.54, 1.807) is 12.1 Å². The van der Waals surface area contributed by atoms with Crippen LogP contribution in [0.4, 0.5) is 0 Å². The van der Waals surface area contributed by atoms with E-state index in [1.807, 2.05) is 6.92 Å². The van der Waals surface area contributed by atoms with Crippen LogP contribution in [-0.4, -0.2) is 10.5 Å². The first-order valence-corrected chi connectivity index (χ1v) is 6.12. The summed E-state index contributed by atoms with van der Waals surface area (Å²) in [6, 6.07) is 6.51. The van der Waals surface area contributed by atoms with E-state index in [0.717, 1.165) is 5.56 Å². The standard InChI is InChI=1S/C7H7ClINO2S/c1-6-2-4-7(5-3-6)13(11,12)10(8)9/h2-5H,1H3. The average molecular weight is 332 g/mol. The van der Waals surface area contributed by atoms with Crippen molar-refractivity contribution in [3.63, 3.8) is 0 Å². The molecule has 0 aliphatic heterocycles. The molecule has 0 aliphatic rings. The second kappa shape index (κ2) is 4.12. The molecule has 0 saturated heterocycles. The third-order valence-electron chi connectivity index (χ3n) is 1.50. The zero-order valence-electron chi connectivity index (χ0n) is 6.74. The van der Waals surface area contributed by atoms with E-state index in [0.29, 0.717) is 2.04 Å². The molecule has 0 aromatic heterocycles. The van der Waals surface area contributed by atoms with Crippen LogP contribution in [0.15, 0.2) is 29.2 Å². The van der Waals surface area contributed by atoms with Crippen LogP contribution in [0.2, 0.25) is 0 Å². The maximum absolute atomic E-state index is 11.4. The number of nitrogens with zero attached hydrogens (tertiary/aromatic N) is 1. The van der Waals surface area contributed by atoms with Crippen molar-refractivity contribution in [3.8, 4) is 0 Å². The second-order valence-corrected chi connectivity index (χ2v) is 7.01. The Labute approximate surface area is 96.4 Å². The van der Waals surface area contributed by atoms with Crippen molar-refractivity contribution in [2.24, 2.45) is 0 Å². The lowest BCUT2D eigenvalue weighted by Crippen LogP contribution is -2.11. The van der Waals surface area contributed by atoms with Crippen LogP contribution in [0.5, 0.6) is 0 Å². The smallest absolute Gasteiger partial charge is 0.205 e. The molecule has 0 heterocycles. The highest BCUT2D eigenvalue weighted by atomic mass is 127. The van der Waals surface area contributed by atoms with Gasteiger partial charge in [0.1, 0.15) is 0 Å². The van der Waals surface area contributed by atoms with Crippen LogP contribution in [0.1, 0.15) is 5.56 Å². The molecule has 72 valence electrons. The molecule has 0 bridgehead atoms. The van der Waals surface area contributed by atoms with Crippen LogP contribution < -0.4 is 0 Å². The van der Waals surface area contributed by atoms with Crippen LogP contribution in [0.25, 0.3) is 0 Å². The van der Waals surface area contributed by atoms with E-state index in [2.05, 4.69) is 0 Å². The number of aryl methyl sites for hydroxylation is 1. The Balaban J connectivity index is 3.17. The molecule has 0 unspecified atom stereocenters. The van der Waals surface area contributed by atoms with Gasteiger partial charge in [0.05, 0.1) is 27.8 Å². The Bertz CT molecular complexity index is 387. The molecule has 0 fully saturated rings. The van der Waals surface area contributed by atoms with Gasteiger partial charge in [-0.25, -0.2) is 8.42 Å². The lowest BCUT2D eigenvalue weighted by Gasteiger charge is -2.06. The monoisotopic (exact) mass is 331 g/mol. The van der Waals surface area contributed by atoms with Gasteiger partial charge in [-0.1, -0.05) is 17.7 Å². The van der Waals surface area contributed by atoms with Crippen LogP contribution in [-0.2, 0) is 10.0 Å². The van der Waals surface area contributed by atoms with Crippen molar-refractivity contribution in [2.45, 2.75) is 11.8 Å². The van der Waals surface area contributed by atoms with Gasteiger partial charge in [-0.2, -0.15) is 0 Å². The Morgan fingerprint density at radius 3 is 2.15 bits per heavy atom. The van der Waals surface area contributed by atoms with Gasteiger partial charge in [-0.15, -0.1) is 0 Å². The van der Waals surface area contributed by atoms with Crippen LogP contribution >= 0.6 is 34.6 Å². The molecule has 6 heteroatoms. The van der Waals surface area contributed by atoms with E-state index in [-0.39, 0.29) is 4.90 Å². The molecule has 1 aromatic rings. The number of halogens is 2. The summed E-state index contributed by atoms with van der Waals surface area (Å²) in [6.45, 7) is 1.89. The van der Waals surface area contributed by atoms with Gasteiger partial charge in [0.25, 0.3) is 10.0 Å². The molecule has 13 heavy (non-hydrogen) atoms. The molecule has 0 spiro atoms. The fourth-order valence-electron chi connectivity index (χ4n) is 0.790. The molecule has 0 N–H and O–H groups in total. The van der Waals surface area contributed by atoms with Gasteiger partial charge in [0.2, 0.25) is 0 Å². The van der Waals surface area contributed by atoms with E-state index >= 15 is 0 Å². The lowest BCUT2D eigenvalue weighted by atomic mass is 10.2. The predicted molar refractivity (Wildman–Crippen MR) is 60.1 cm³/mol. The normalized spacial score (nSPS) is 12.0. The van der Waals surface area contributed by atoms with Gasteiger partial charge in [0, 0.05) is 11.8 Å². The SMILES string of the molecule is Cc1ccc(S(=O)(=O)N(Cl)I)cc1. The van der Waals surface area contributed by atoms with Gasteiger partial charge < -0.3 is 0 Å². The summed E-state index contributed by atoms with van der Waals surface area (Å²) < 4.78 is 23.5. The van der Waals surface area contributed by atoms with Crippen LogP contribution in [0, 0.1) is 6.92 Å². The third kappa shape index (κ3) is 2.55. The van der Waals surface area contributed by atoms with Gasteiger partial charge in [0.15, 0.2) is 0 Å². The summed E-state index contributed by atoms with van der Waals surface area (Å²) in [4.78, 5) is 0.197. The van der Waals surface area contributed by atoms with Crippen molar-refractivity contribution in [1.82, 2.24) is 2.04 Å². The highest BCUT2D eigenvalue weighted by molar-refractivity contribution is 14.1. The second-order valence-electron chi connectivity index (χ2n) is 2.49. The first-order valence-electron chi connectivity index (χ1n) is 3.38. The van der Waals surface area contributed by atoms with E-state index in [9.17, 15) is 8.42 Å². The van der Waals surface area contributed by atoms with Gasteiger partial charge in [-0.3, -0.25) is 0 Å². The third-order valence-corrected chi connectivity index (χ3v) is 4.83. The number of hydrogen-bond acceptors (Lipinski definition) is 2. The minimum Gasteiger partial charge on any atom is -0.205 e. The maximum atomic E-state index is 11.4. The van der Waals surface area contributed by atoms with Crippen molar-refractivity contribution in [3.05, 3.63) is 29.8 Å². The highest BCUT2D eigenvalue weighted by Crippen LogP contribution is 2.21. The molecule has 0 atom stereocenters. The Hall–Kier alpha value is 0.150. The summed E-state index contributed by atoms with van der Waals surface area (Å²) in [6.07, 6.45) is 0. The maximum Gasteiger partial charge on any atom is 0.265 e. The van der Waals surface area contributed by atoms with Crippen molar-refractivity contribution >= 4 is 44.7 Å². The quantitative estimate of drug-likeness (QED) is 0.617. The first kappa shape index (κ1) is 11.2. The summed E-state index contributed by atoms with van der Waals surface area (Å²) in [5.41, 5.74) is 1.01. The summed E-state index contributed by atoms with van der Waals surface area (Å²) in [7, 11) is -3.51. The van der Waals surface area contributed by atoms with Crippen molar-refractivity contribution in [2.75, 3.05) is 0 Å². The summed E-state index contributed by atoms with van der Waals surface area (Å²) in [5.74, 6) is 0. The molecule has 0 aliphatic carbocycles. The predicted octanol–water partition coefficient (Wildman–Crippen LogP) is 2.49. The molecular weight excluding hydrogens is 325 g/mol. The van der Waals surface area contributed by atoms with E-state index in [1.165, 1.54) is 35.0 Å². The fraction of sp³-hybridized carbons (Fsp3) is 0.143. The topological polar surface area (TPSA) is 37.4 Å². The fourth-order valence-corrected chi connectivity index (χ4v) is 2.35. The summed E-state index contributed by atoms with van der Waals surface area (Å²) in [5, 5.41) is 0. The van der Waals surface area contributed by atoms with E-state index in [4.69, 9.17) is 11.8 Å². The first-order chi connectivity index (χ1) is 5.94. The summed E-state index contributed by atoms with van der Waals surface area (Å²) >= 11 is 6.88. The molecule has 0 radical (unpaired) electrons. The number of rotatable bonds is 2. The molecule has 0 saturated carbocycles. The molecule has 0 amide bonds. The highest BCUT2D eigenvalue weighted by Gasteiger charge is 2.19. The van der Waals surface area contributed by atoms with Crippen LogP contribution in [0.3, 0.4) is 0 Å². The number of hydrogen-bond donors (Lipinski definition) is 0. The molecule has 3 nitrogen and oxygen atoms in total. The Morgan fingerprint density at radius 2 is 1.77 bits per heavy atom. The van der Waals surface area contributed by atoms with Gasteiger partial charge in [-0.05, 0) is 21.1 Å². The molecule has 1 rings (SSSR count). The van der Waals surface area contributed by atoms with Gasteiger partial charge >= 0.3 is 0 Å². The Kier molecular flexibility index (Phi) is 3.56.